The minimum absolute atomic E-state index is 0.304. The smallest absolute Gasteiger partial charge is 0.0663 e. The lowest BCUT2D eigenvalue weighted by molar-refractivity contribution is -0.161. The summed E-state index contributed by atoms with van der Waals surface area (Å²) in [5, 5.41) is 0.354. The van der Waals surface area contributed by atoms with Gasteiger partial charge in [0, 0.05) is 17.9 Å². The Morgan fingerprint density at radius 1 is 0.900 bits per heavy atom. The van der Waals surface area contributed by atoms with Crippen LogP contribution >= 0.6 is 11.6 Å². The summed E-state index contributed by atoms with van der Waals surface area (Å²) in [6, 6.07) is 0. The minimum Gasteiger partial charge on any atom is -0.381 e. The second kappa shape index (κ2) is 6.54. The summed E-state index contributed by atoms with van der Waals surface area (Å²) in [5.41, 5.74) is 0.304. The highest BCUT2D eigenvalue weighted by Crippen LogP contribution is 2.55. The van der Waals surface area contributed by atoms with Gasteiger partial charge in [-0.15, -0.1) is 11.6 Å². The Kier molecular flexibility index (Phi) is 4.94. The zero-order chi connectivity index (χ0) is 14.0. The minimum atomic E-state index is 0.304. The third kappa shape index (κ3) is 2.89. The van der Waals surface area contributed by atoms with Crippen molar-refractivity contribution in [3.8, 4) is 0 Å². The largest absolute Gasteiger partial charge is 0.381 e. The van der Waals surface area contributed by atoms with E-state index in [4.69, 9.17) is 21.1 Å². The van der Waals surface area contributed by atoms with Gasteiger partial charge >= 0.3 is 0 Å². The lowest BCUT2D eigenvalue weighted by Gasteiger charge is -2.54. The fourth-order valence-electron chi connectivity index (χ4n) is 4.58. The Morgan fingerprint density at radius 2 is 1.60 bits per heavy atom. The molecule has 3 fully saturated rings. The van der Waals surface area contributed by atoms with E-state index in [0.717, 1.165) is 12.8 Å². The molecule has 3 saturated carbocycles. The van der Waals surface area contributed by atoms with Gasteiger partial charge in [0.05, 0.1) is 18.3 Å². The molecule has 2 nitrogen and oxygen atoms in total. The summed E-state index contributed by atoms with van der Waals surface area (Å²) in [6.07, 6.45) is 15.0. The third-order valence-electron chi connectivity index (χ3n) is 5.99. The predicted molar refractivity (Wildman–Crippen MR) is 82.3 cm³/mol. The van der Waals surface area contributed by atoms with E-state index in [-0.39, 0.29) is 0 Å². The number of methoxy groups -OCH3 is 1. The van der Waals surface area contributed by atoms with Crippen molar-refractivity contribution in [2.75, 3.05) is 7.11 Å². The Bertz CT molecular complexity index is 312. The molecule has 3 aliphatic carbocycles. The second-order valence-corrected chi connectivity index (χ2v) is 7.65. The van der Waals surface area contributed by atoms with E-state index in [1.807, 2.05) is 7.11 Å². The van der Waals surface area contributed by atoms with E-state index in [1.165, 1.54) is 57.8 Å². The molecule has 0 amide bonds. The van der Waals surface area contributed by atoms with Crippen LogP contribution in [0.4, 0.5) is 0 Å². The van der Waals surface area contributed by atoms with Gasteiger partial charge in [0.15, 0.2) is 0 Å². The normalized spacial score (nSPS) is 41.1. The number of hydrogen-bond donors (Lipinski definition) is 0. The van der Waals surface area contributed by atoms with Gasteiger partial charge in [-0.25, -0.2) is 0 Å². The van der Waals surface area contributed by atoms with Gasteiger partial charge < -0.3 is 9.47 Å². The molecule has 4 atom stereocenters. The van der Waals surface area contributed by atoms with Crippen molar-refractivity contribution in [1.29, 1.82) is 0 Å². The first-order valence-corrected chi connectivity index (χ1v) is 9.00. The fraction of sp³-hybridized carbons (Fsp3) is 1.00. The Balaban J connectivity index is 1.59. The van der Waals surface area contributed by atoms with Gasteiger partial charge in [-0.1, -0.05) is 25.7 Å². The molecule has 4 unspecified atom stereocenters. The molecule has 0 bridgehead atoms. The number of hydrogen-bond acceptors (Lipinski definition) is 2. The molecule has 3 rings (SSSR count). The molecule has 0 aromatic heterocycles. The molecule has 1 spiro atoms. The maximum Gasteiger partial charge on any atom is 0.0663 e. The Morgan fingerprint density at radius 3 is 2.25 bits per heavy atom. The Hall–Kier alpha value is 0.210. The standard InChI is InChI=1S/C17H29ClO2/c1-19-13-7-6-8-14(11-13)20-16-12-15(18)17(16)9-4-2-3-5-10-17/h13-16H,2-12H2,1H3. The maximum atomic E-state index is 6.62. The number of halogens is 1. The molecule has 3 aliphatic rings. The van der Waals surface area contributed by atoms with Crippen molar-refractivity contribution < 1.29 is 9.47 Å². The van der Waals surface area contributed by atoms with Crippen molar-refractivity contribution >= 4 is 11.6 Å². The van der Waals surface area contributed by atoms with Gasteiger partial charge in [-0.2, -0.15) is 0 Å². The van der Waals surface area contributed by atoms with Gasteiger partial charge in [0.25, 0.3) is 0 Å². The van der Waals surface area contributed by atoms with Crippen LogP contribution in [0.15, 0.2) is 0 Å². The second-order valence-electron chi connectivity index (χ2n) is 7.12. The highest BCUT2D eigenvalue weighted by Gasteiger charge is 2.55. The molecule has 0 aromatic carbocycles. The maximum absolute atomic E-state index is 6.62. The molecular weight excluding hydrogens is 272 g/mol. The van der Waals surface area contributed by atoms with E-state index in [0.29, 0.717) is 29.1 Å². The SMILES string of the molecule is COC1CCCC(OC2CC(Cl)C23CCCCCC3)C1. The summed E-state index contributed by atoms with van der Waals surface area (Å²) in [6.45, 7) is 0. The summed E-state index contributed by atoms with van der Waals surface area (Å²) >= 11 is 6.62. The quantitative estimate of drug-likeness (QED) is 0.705. The van der Waals surface area contributed by atoms with E-state index < -0.39 is 0 Å². The lowest BCUT2D eigenvalue weighted by atomic mass is 9.61. The molecule has 0 saturated heterocycles. The van der Waals surface area contributed by atoms with Gasteiger partial charge in [-0.3, -0.25) is 0 Å². The number of alkyl halides is 1. The summed E-state index contributed by atoms with van der Waals surface area (Å²) in [7, 11) is 1.83. The first-order valence-electron chi connectivity index (χ1n) is 8.57. The van der Waals surface area contributed by atoms with Gasteiger partial charge in [-0.05, 0) is 44.9 Å². The zero-order valence-electron chi connectivity index (χ0n) is 12.8. The van der Waals surface area contributed by atoms with E-state index in [9.17, 15) is 0 Å². The highest BCUT2D eigenvalue weighted by atomic mass is 35.5. The van der Waals surface area contributed by atoms with Crippen LogP contribution in [0.5, 0.6) is 0 Å². The first-order chi connectivity index (χ1) is 9.74. The first kappa shape index (κ1) is 15.1. The number of rotatable bonds is 3. The molecule has 0 N–H and O–H groups in total. The van der Waals surface area contributed by atoms with Crippen LogP contribution in [0.1, 0.15) is 70.6 Å². The van der Waals surface area contributed by atoms with E-state index >= 15 is 0 Å². The average Bonchev–Trinajstić information content (AvgIpc) is 2.75. The van der Waals surface area contributed by atoms with Crippen molar-refractivity contribution in [3.05, 3.63) is 0 Å². The molecule has 0 aliphatic heterocycles. The third-order valence-corrected chi connectivity index (χ3v) is 6.60. The number of ether oxygens (including phenoxy) is 2. The van der Waals surface area contributed by atoms with Crippen molar-refractivity contribution in [1.82, 2.24) is 0 Å². The lowest BCUT2D eigenvalue weighted by Crippen LogP contribution is -2.56. The van der Waals surface area contributed by atoms with Crippen LogP contribution in [0, 0.1) is 5.41 Å². The predicted octanol–water partition coefficient (Wildman–Crippen LogP) is 4.68. The molecule has 3 heteroatoms. The zero-order valence-corrected chi connectivity index (χ0v) is 13.5. The molecule has 0 radical (unpaired) electrons. The van der Waals surface area contributed by atoms with E-state index in [2.05, 4.69) is 0 Å². The van der Waals surface area contributed by atoms with Crippen LogP contribution in [0.25, 0.3) is 0 Å². The summed E-state index contributed by atoms with van der Waals surface area (Å²) in [4.78, 5) is 0. The molecule has 0 aromatic rings. The van der Waals surface area contributed by atoms with Crippen molar-refractivity contribution in [2.24, 2.45) is 5.41 Å². The van der Waals surface area contributed by atoms with Crippen LogP contribution < -0.4 is 0 Å². The monoisotopic (exact) mass is 300 g/mol. The molecular formula is C17H29ClO2. The van der Waals surface area contributed by atoms with Crippen LogP contribution in [0.3, 0.4) is 0 Å². The van der Waals surface area contributed by atoms with Crippen molar-refractivity contribution in [3.63, 3.8) is 0 Å². The Labute approximate surface area is 128 Å². The summed E-state index contributed by atoms with van der Waals surface area (Å²) < 4.78 is 12.0. The highest BCUT2D eigenvalue weighted by molar-refractivity contribution is 6.21. The molecule has 0 heterocycles. The summed E-state index contributed by atoms with van der Waals surface area (Å²) in [5.74, 6) is 0. The fourth-order valence-corrected chi connectivity index (χ4v) is 5.10. The molecule has 20 heavy (non-hydrogen) atoms. The van der Waals surface area contributed by atoms with Gasteiger partial charge in [0.2, 0.25) is 0 Å². The van der Waals surface area contributed by atoms with Crippen LogP contribution in [0.2, 0.25) is 0 Å². The van der Waals surface area contributed by atoms with Crippen LogP contribution in [-0.2, 0) is 9.47 Å². The molecule has 116 valence electrons. The topological polar surface area (TPSA) is 18.5 Å². The average molecular weight is 301 g/mol. The van der Waals surface area contributed by atoms with Gasteiger partial charge in [0.1, 0.15) is 0 Å². The van der Waals surface area contributed by atoms with E-state index in [1.54, 1.807) is 0 Å². The van der Waals surface area contributed by atoms with Crippen LogP contribution in [-0.4, -0.2) is 30.8 Å². The van der Waals surface area contributed by atoms with Crippen molar-refractivity contribution in [2.45, 2.75) is 94.3 Å².